The van der Waals surface area contributed by atoms with E-state index >= 15 is 0 Å². The monoisotopic (exact) mass is 305 g/mol. The molecule has 0 fully saturated rings. The maximum Gasteiger partial charge on any atom is 0.338 e. The molecule has 2 N–H and O–H groups in total. The molecule has 0 aliphatic rings. The lowest BCUT2D eigenvalue weighted by atomic mass is 9.96. The van der Waals surface area contributed by atoms with E-state index in [0.29, 0.717) is 0 Å². The van der Waals surface area contributed by atoms with Crippen LogP contribution < -0.4 is 5.73 Å². The van der Waals surface area contributed by atoms with Crippen molar-refractivity contribution in [2.45, 2.75) is 44.9 Å². The molecule has 0 heterocycles. The van der Waals surface area contributed by atoms with Gasteiger partial charge in [-0.2, -0.15) is 0 Å². The van der Waals surface area contributed by atoms with Gasteiger partial charge in [-0.15, -0.1) is 6.58 Å². The smallest absolute Gasteiger partial charge is 0.338 e. The summed E-state index contributed by atoms with van der Waals surface area (Å²) in [5.74, 6) is -1.65. The first-order valence-electron chi connectivity index (χ1n) is 7.03. The Balaban J connectivity index is 2.81. The number of nitrogens with two attached hydrogens (primary N) is 1. The third kappa shape index (κ3) is 5.00. The summed E-state index contributed by atoms with van der Waals surface area (Å²) in [4.78, 5) is 24.5. The minimum Gasteiger partial charge on any atom is -0.459 e. The minimum atomic E-state index is -1.89. The SMILES string of the molecule is C=CCC(N)(C(=O)OCc1ccccc1)C(=O)OC(C)(C)C. The highest BCUT2D eigenvalue weighted by molar-refractivity contribution is 6.05. The van der Waals surface area contributed by atoms with Gasteiger partial charge in [0.25, 0.3) is 0 Å². The van der Waals surface area contributed by atoms with Gasteiger partial charge in [0.05, 0.1) is 0 Å². The van der Waals surface area contributed by atoms with Crippen LogP contribution in [0, 0.1) is 0 Å². The Bertz CT molecular complexity index is 533. The Hall–Kier alpha value is -2.14. The molecule has 0 bridgehead atoms. The van der Waals surface area contributed by atoms with Gasteiger partial charge in [0.15, 0.2) is 0 Å². The Kier molecular flexibility index (Phi) is 5.88. The van der Waals surface area contributed by atoms with E-state index in [1.54, 1.807) is 20.8 Å². The maximum absolute atomic E-state index is 12.3. The van der Waals surface area contributed by atoms with Crippen molar-refractivity contribution in [1.82, 2.24) is 0 Å². The number of carbonyl (C=O) groups excluding carboxylic acids is 2. The van der Waals surface area contributed by atoms with Crippen LogP contribution >= 0.6 is 0 Å². The van der Waals surface area contributed by atoms with E-state index in [0.717, 1.165) is 5.56 Å². The lowest BCUT2D eigenvalue weighted by Crippen LogP contribution is -2.57. The van der Waals surface area contributed by atoms with Crippen LogP contribution in [0.25, 0.3) is 0 Å². The molecule has 5 nitrogen and oxygen atoms in total. The minimum absolute atomic E-state index is 0.0402. The van der Waals surface area contributed by atoms with Crippen LogP contribution in [0.4, 0.5) is 0 Å². The Morgan fingerprint density at radius 1 is 1.18 bits per heavy atom. The Labute approximate surface area is 131 Å². The summed E-state index contributed by atoms with van der Waals surface area (Å²) in [5.41, 5.74) is 4.12. The lowest BCUT2D eigenvalue weighted by Gasteiger charge is -2.28. The van der Waals surface area contributed by atoms with Gasteiger partial charge >= 0.3 is 11.9 Å². The van der Waals surface area contributed by atoms with Gasteiger partial charge in [0.1, 0.15) is 12.2 Å². The molecule has 1 aromatic rings. The van der Waals surface area contributed by atoms with Gasteiger partial charge in [0, 0.05) is 6.42 Å². The van der Waals surface area contributed by atoms with Gasteiger partial charge in [-0.1, -0.05) is 36.4 Å². The topological polar surface area (TPSA) is 78.6 Å². The summed E-state index contributed by atoms with van der Waals surface area (Å²) in [6.45, 7) is 8.68. The molecule has 0 spiro atoms. The highest BCUT2D eigenvalue weighted by Crippen LogP contribution is 2.18. The van der Waals surface area contributed by atoms with Crippen LogP contribution in [-0.2, 0) is 25.7 Å². The predicted octanol–water partition coefficient (Wildman–Crippen LogP) is 2.35. The van der Waals surface area contributed by atoms with Crippen LogP contribution in [0.15, 0.2) is 43.0 Å². The van der Waals surface area contributed by atoms with E-state index in [1.165, 1.54) is 6.08 Å². The highest BCUT2D eigenvalue weighted by Gasteiger charge is 2.45. The number of benzene rings is 1. The molecule has 0 aliphatic carbocycles. The lowest BCUT2D eigenvalue weighted by molar-refractivity contribution is -0.172. The second kappa shape index (κ2) is 7.22. The zero-order valence-corrected chi connectivity index (χ0v) is 13.3. The fraction of sp³-hybridized carbons (Fsp3) is 0.412. The number of esters is 2. The van der Waals surface area contributed by atoms with Crippen LogP contribution in [0.1, 0.15) is 32.8 Å². The molecule has 0 radical (unpaired) electrons. The van der Waals surface area contributed by atoms with Crippen molar-refractivity contribution in [1.29, 1.82) is 0 Å². The maximum atomic E-state index is 12.3. The van der Waals surface area contributed by atoms with E-state index in [1.807, 2.05) is 30.3 Å². The van der Waals surface area contributed by atoms with Crippen molar-refractivity contribution in [2.24, 2.45) is 5.73 Å². The third-order valence-electron chi connectivity index (χ3n) is 2.81. The molecule has 0 saturated heterocycles. The fourth-order valence-corrected chi connectivity index (χ4v) is 1.70. The van der Waals surface area contributed by atoms with Gasteiger partial charge in [-0.05, 0) is 26.3 Å². The standard InChI is InChI=1S/C17H23NO4/c1-5-11-17(18,15(20)22-16(2,3)4)14(19)21-12-13-9-7-6-8-10-13/h5-10H,1,11-12,18H2,2-4H3. The molecule has 0 amide bonds. The number of hydrogen-bond donors (Lipinski definition) is 1. The van der Waals surface area contributed by atoms with Crippen molar-refractivity contribution in [3.05, 3.63) is 48.6 Å². The van der Waals surface area contributed by atoms with Crippen LogP contribution in [-0.4, -0.2) is 23.1 Å². The number of carbonyl (C=O) groups is 2. The van der Waals surface area contributed by atoms with E-state index in [9.17, 15) is 9.59 Å². The second-order valence-electron chi connectivity index (χ2n) is 6.03. The summed E-state index contributed by atoms with van der Waals surface area (Å²) in [6.07, 6.45) is 1.34. The molecule has 120 valence electrons. The molecule has 0 aliphatic heterocycles. The predicted molar refractivity (Wildman–Crippen MR) is 83.8 cm³/mol. The van der Waals surface area contributed by atoms with Crippen molar-refractivity contribution in [2.75, 3.05) is 0 Å². The molecule has 0 saturated carbocycles. The van der Waals surface area contributed by atoms with Crippen molar-refractivity contribution < 1.29 is 19.1 Å². The molecule has 1 unspecified atom stereocenters. The third-order valence-corrected chi connectivity index (χ3v) is 2.81. The quantitative estimate of drug-likeness (QED) is 0.496. The van der Waals surface area contributed by atoms with Gasteiger partial charge in [0.2, 0.25) is 5.54 Å². The van der Waals surface area contributed by atoms with Crippen LogP contribution in [0.3, 0.4) is 0 Å². The zero-order valence-electron chi connectivity index (χ0n) is 13.3. The number of rotatable bonds is 6. The van der Waals surface area contributed by atoms with Crippen molar-refractivity contribution >= 4 is 11.9 Å². The Morgan fingerprint density at radius 2 is 1.77 bits per heavy atom. The van der Waals surface area contributed by atoms with E-state index in [2.05, 4.69) is 6.58 Å². The first-order valence-corrected chi connectivity index (χ1v) is 7.03. The molecule has 1 rings (SSSR count). The molecule has 22 heavy (non-hydrogen) atoms. The Morgan fingerprint density at radius 3 is 2.27 bits per heavy atom. The number of ether oxygens (including phenoxy) is 2. The first-order chi connectivity index (χ1) is 10.2. The van der Waals surface area contributed by atoms with Crippen LogP contribution in [0.2, 0.25) is 0 Å². The summed E-state index contributed by atoms with van der Waals surface area (Å²) in [7, 11) is 0. The molecule has 0 aromatic heterocycles. The molecular formula is C17H23NO4. The number of hydrogen-bond acceptors (Lipinski definition) is 5. The molecule has 1 aromatic carbocycles. The average Bonchev–Trinajstić information content (AvgIpc) is 2.44. The first kappa shape index (κ1) is 17.9. The highest BCUT2D eigenvalue weighted by atomic mass is 16.6. The van der Waals surface area contributed by atoms with Gasteiger partial charge in [-0.3, -0.25) is 0 Å². The van der Waals surface area contributed by atoms with E-state index in [4.69, 9.17) is 15.2 Å². The van der Waals surface area contributed by atoms with E-state index in [-0.39, 0.29) is 13.0 Å². The zero-order chi connectivity index (χ0) is 16.8. The summed E-state index contributed by atoms with van der Waals surface area (Å²) >= 11 is 0. The van der Waals surface area contributed by atoms with Gasteiger partial charge in [-0.25, -0.2) is 9.59 Å². The van der Waals surface area contributed by atoms with Crippen LogP contribution in [0.5, 0.6) is 0 Å². The van der Waals surface area contributed by atoms with E-state index < -0.39 is 23.1 Å². The summed E-state index contributed by atoms with van der Waals surface area (Å²) in [5, 5.41) is 0. The largest absolute Gasteiger partial charge is 0.459 e. The summed E-state index contributed by atoms with van der Waals surface area (Å²) in [6, 6.07) is 9.14. The van der Waals surface area contributed by atoms with Crippen molar-refractivity contribution in [3.8, 4) is 0 Å². The fourth-order valence-electron chi connectivity index (χ4n) is 1.70. The average molecular weight is 305 g/mol. The normalized spacial score (nSPS) is 13.8. The summed E-state index contributed by atoms with van der Waals surface area (Å²) < 4.78 is 10.4. The van der Waals surface area contributed by atoms with Crippen molar-refractivity contribution in [3.63, 3.8) is 0 Å². The molecule has 1 atom stereocenters. The van der Waals surface area contributed by atoms with Gasteiger partial charge < -0.3 is 15.2 Å². The molecule has 5 heteroatoms. The molecular weight excluding hydrogens is 282 g/mol. The second-order valence-corrected chi connectivity index (χ2v) is 6.03.